The highest BCUT2D eigenvalue weighted by Crippen LogP contribution is 2.33. The fourth-order valence-corrected chi connectivity index (χ4v) is 4.82. The van der Waals surface area contributed by atoms with Gasteiger partial charge in [-0.15, -0.1) is 21.5 Å². The molecule has 0 N–H and O–H groups in total. The van der Waals surface area contributed by atoms with Gasteiger partial charge in [-0.3, -0.25) is 0 Å². The standard InChI is InChI=1S/C19H23N3S2/c1-5-16-14(4)23-12-17(16)18-20-21-19(22(18)6-2)24-11-15-9-7-8-13(3)10-15/h7-10,12H,5-6,11H2,1-4H3. The number of aryl methyl sites for hydroxylation is 2. The van der Waals surface area contributed by atoms with Crippen LogP contribution >= 0.6 is 23.1 Å². The summed E-state index contributed by atoms with van der Waals surface area (Å²) in [5, 5.41) is 12.2. The molecule has 1 aromatic carbocycles. The second-order valence-electron chi connectivity index (χ2n) is 5.87. The minimum absolute atomic E-state index is 0.885. The zero-order chi connectivity index (χ0) is 17.1. The van der Waals surface area contributed by atoms with Crippen LogP contribution in [0.5, 0.6) is 0 Å². The van der Waals surface area contributed by atoms with Crippen LogP contribution in [0.2, 0.25) is 0 Å². The molecule has 2 heterocycles. The molecule has 0 spiro atoms. The van der Waals surface area contributed by atoms with Crippen molar-refractivity contribution in [2.24, 2.45) is 0 Å². The van der Waals surface area contributed by atoms with Crippen LogP contribution < -0.4 is 0 Å². The summed E-state index contributed by atoms with van der Waals surface area (Å²) in [5.41, 5.74) is 5.27. The van der Waals surface area contributed by atoms with Crippen LogP contribution in [-0.2, 0) is 18.7 Å². The van der Waals surface area contributed by atoms with Crippen molar-refractivity contribution in [1.29, 1.82) is 0 Å². The van der Waals surface area contributed by atoms with E-state index in [0.717, 1.165) is 29.7 Å². The Kier molecular flexibility index (Phi) is 5.41. The van der Waals surface area contributed by atoms with Gasteiger partial charge in [0.15, 0.2) is 11.0 Å². The molecule has 2 aromatic heterocycles. The Morgan fingerprint density at radius 2 is 2.00 bits per heavy atom. The van der Waals surface area contributed by atoms with Gasteiger partial charge in [-0.25, -0.2) is 0 Å². The molecule has 0 saturated carbocycles. The molecule has 0 radical (unpaired) electrons. The summed E-state index contributed by atoms with van der Waals surface area (Å²) in [4.78, 5) is 1.38. The van der Waals surface area contributed by atoms with Crippen LogP contribution in [0, 0.1) is 13.8 Å². The number of hydrogen-bond acceptors (Lipinski definition) is 4. The van der Waals surface area contributed by atoms with E-state index in [0.29, 0.717) is 0 Å². The zero-order valence-corrected chi connectivity index (χ0v) is 16.3. The van der Waals surface area contributed by atoms with Crippen molar-refractivity contribution < 1.29 is 0 Å². The molecule has 0 aliphatic rings. The van der Waals surface area contributed by atoms with Crippen molar-refractivity contribution in [3.63, 3.8) is 0 Å². The van der Waals surface area contributed by atoms with Gasteiger partial charge in [0.2, 0.25) is 0 Å². The van der Waals surface area contributed by atoms with Crippen LogP contribution in [-0.4, -0.2) is 14.8 Å². The Bertz CT molecular complexity index is 833. The lowest BCUT2D eigenvalue weighted by molar-refractivity contribution is 0.687. The fraction of sp³-hybridized carbons (Fsp3) is 0.368. The fourth-order valence-electron chi connectivity index (χ4n) is 2.94. The first-order valence-corrected chi connectivity index (χ1v) is 10.2. The van der Waals surface area contributed by atoms with Crippen molar-refractivity contribution in [2.45, 2.75) is 51.6 Å². The van der Waals surface area contributed by atoms with Gasteiger partial charge < -0.3 is 4.57 Å². The summed E-state index contributed by atoms with van der Waals surface area (Å²) in [6.07, 6.45) is 1.03. The molecule has 0 atom stereocenters. The lowest BCUT2D eigenvalue weighted by Crippen LogP contribution is -2.00. The number of rotatable bonds is 6. The first-order valence-electron chi connectivity index (χ1n) is 8.32. The minimum atomic E-state index is 0.885. The third-order valence-electron chi connectivity index (χ3n) is 4.18. The van der Waals surface area contributed by atoms with Crippen molar-refractivity contribution in [2.75, 3.05) is 0 Å². The molecule has 3 aromatic rings. The highest BCUT2D eigenvalue weighted by molar-refractivity contribution is 7.98. The molecule has 0 unspecified atom stereocenters. The Morgan fingerprint density at radius 1 is 1.17 bits per heavy atom. The summed E-state index contributed by atoms with van der Waals surface area (Å²) < 4.78 is 2.24. The number of hydrogen-bond donors (Lipinski definition) is 0. The normalized spacial score (nSPS) is 11.2. The van der Waals surface area contributed by atoms with Crippen molar-refractivity contribution in [3.05, 3.63) is 51.2 Å². The summed E-state index contributed by atoms with van der Waals surface area (Å²) >= 11 is 3.56. The van der Waals surface area contributed by atoms with Crippen LogP contribution in [0.15, 0.2) is 34.8 Å². The predicted molar refractivity (Wildman–Crippen MR) is 104 cm³/mol. The SMILES string of the molecule is CCc1c(-c2nnc(SCc3cccc(C)c3)n2CC)csc1C. The Hall–Kier alpha value is -1.59. The first-order chi connectivity index (χ1) is 11.6. The molecular formula is C19H23N3S2. The largest absolute Gasteiger partial charge is 0.302 e. The average molecular weight is 358 g/mol. The number of benzene rings is 1. The number of thiophene rings is 1. The van der Waals surface area contributed by atoms with Crippen molar-refractivity contribution in [1.82, 2.24) is 14.8 Å². The molecular weight excluding hydrogens is 334 g/mol. The highest BCUT2D eigenvalue weighted by atomic mass is 32.2. The second-order valence-corrected chi connectivity index (χ2v) is 7.89. The van der Waals surface area contributed by atoms with Crippen LogP contribution in [0.4, 0.5) is 0 Å². The number of aromatic nitrogens is 3. The lowest BCUT2D eigenvalue weighted by Gasteiger charge is -2.08. The summed E-state index contributed by atoms with van der Waals surface area (Å²) in [7, 11) is 0. The number of nitrogens with zero attached hydrogens (tertiary/aromatic N) is 3. The van der Waals surface area contributed by atoms with E-state index in [9.17, 15) is 0 Å². The maximum absolute atomic E-state index is 4.51. The molecule has 0 bridgehead atoms. The predicted octanol–water partition coefficient (Wildman–Crippen LogP) is 5.50. The maximum atomic E-state index is 4.51. The van der Waals surface area contributed by atoms with Crippen molar-refractivity contribution >= 4 is 23.1 Å². The molecule has 0 fully saturated rings. The molecule has 5 heteroatoms. The Morgan fingerprint density at radius 3 is 2.71 bits per heavy atom. The Labute approximate surface area is 152 Å². The molecule has 0 amide bonds. The molecule has 3 nitrogen and oxygen atoms in total. The van der Waals surface area contributed by atoms with Gasteiger partial charge in [-0.1, -0.05) is 48.5 Å². The van der Waals surface area contributed by atoms with E-state index in [1.165, 1.54) is 27.1 Å². The Balaban J connectivity index is 1.87. The second kappa shape index (κ2) is 7.53. The minimum Gasteiger partial charge on any atom is -0.302 e. The van der Waals surface area contributed by atoms with Crippen LogP contribution in [0.3, 0.4) is 0 Å². The van der Waals surface area contributed by atoms with E-state index in [2.05, 4.69) is 72.1 Å². The zero-order valence-electron chi connectivity index (χ0n) is 14.7. The van der Waals surface area contributed by atoms with Crippen molar-refractivity contribution in [3.8, 4) is 11.4 Å². The molecule has 3 rings (SSSR count). The smallest absolute Gasteiger partial charge is 0.191 e. The average Bonchev–Trinajstić information content (AvgIpc) is 3.15. The van der Waals surface area contributed by atoms with Crippen LogP contribution in [0.1, 0.15) is 35.4 Å². The third-order valence-corrected chi connectivity index (χ3v) is 6.17. The summed E-state index contributed by atoms with van der Waals surface area (Å²) in [6.45, 7) is 9.57. The molecule has 0 saturated heterocycles. The topological polar surface area (TPSA) is 30.7 Å². The summed E-state index contributed by atoms with van der Waals surface area (Å²) in [5.74, 6) is 1.92. The van der Waals surface area contributed by atoms with E-state index in [4.69, 9.17) is 0 Å². The quantitative estimate of drug-likeness (QED) is 0.546. The molecule has 126 valence electrons. The van der Waals surface area contributed by atoms with Gasteiger partial charge >= 0.3 is 0 Å². The highest BCUT2D eigenvalue weighted by Gasteiger charge is 2.17. The molecule has 24 heavy (non-hydrogen) atoms. The van der Waals surface area contributed by atoms with Crippen LogP contribution in [0.25, 0.3) is 11.4 Å². The van der Waals surface area contributed by atoms with E-state index >= 15 is 0 Å². The lowest BCUT2D eigenvalue weighted by atomic mass is 10.1. The van der Waals surface area contributed by atoms with E-state index in [1.807, 2.05) is 0 Å². The van der Waals surface area contributed by atoms with E-state index in [1.54, 1.807) is 23.1 Å². The monoisotopic (exact) mass is 357 g/mol. The number of thioether (sulfide) groups is 1. The molecule has 0 aliphatic carbocycles. The van der Waals surface area contributed by atoms with Gasteiger partial charge in [0.1, 0.15) is 0 Å². The van der Waals surface area contributed by atoms with E-state index < -0.39 is 0 Å². The van der Waals surface area contributed by atoms with Gasteiger partial charge in [0.25, 0.3) is 0 Å². The maximum Gasteiger partial charge on any atom is 0.191 e. The van der Waals surface area contributed by atoms with Gasteiger partial charge in [-0.2, -0.15) is 0 Å². The van der Waals surface area contributed by atoms with Gasteiger partial charge in [0, 0.05) is 28.1 Å². The third kappa shape index (κ3) is 3.42. The summed E-state index contributed by atoms with van der Waals surface area (Å²) in [6, 6.07) is 8.65. The van der Waals surface area contributed by atoms with Gasteiger partial charge in [0.05, 0.1) is 0 Å². The van der Waals surface area contributed by atoms with E-state index in [-0.39, 0.29) is 0 Å². The van der Waals surface area contributed by atoms with Gasteiger partial charge in [-0.05, 0) is 38.3 Å². The molecule has 0 aliphatic heterocycles. The first kappa shape index (κ1) is 17.2.